The monoisotopic (exact) mass is 227 g/mol. The van der Waals surface area contributed by atoms with E-state index in [1.165, 1.54) is 12.8 Å². The second-order valence-corrected chi connectivity index (χ2v) is 5.29. The summed E-state index contributed by atoms with van der Waals surface area (Å²) in [6.45, 7) is 8.07. The number of carbonyl (C=O) groups is 1. The first-order chi connectivity index (χ1) is 7.47. The molecular weight excluding hydrogens is 202 g/mol. The van der Waals surface area contributed by atoms with Gasteiger partial charge in [0.05, 0.1) is 0 Å². The van der Waals surface area contributed by atoms with E-state index in [1.807, 2.05) is 14.0 Å². The van der Waals surface area contributed by atoms with Crippen LogP contribution in [0.5, 0.6) is 0 Å². The highest BCUT2D eigenvalue weighted by Crippen LogP contribution is 2.29. The van der Waals surface area contributed by atoms with Crippen molar-refractivity contribution < 1.29 is 4.79 Å². The van der Waals surface area contributed by atoms with E-state index in [4.69, 9.17) is 0 Å². The Balaban J connectivity index is 2.34. The van der Waals surface area contributed by atoms with E-state index in [0.717, 1.165) is 26.2 Å². The van der Waals surface area contributed by atoms with E-state index in [0.29, 0.717) is 0 Å². The van der Waals surface area contributed by atoms with Crippen molar-refractivity contribution in [3.05, 3.63) is 0 Å². The molecule has 1 fully saturated rings. The Morgan fingerprint density at radius 2 is 2.00 bits per heavy atom. The molecule has 0 aliphatic carbocycles. The number of likely N-dealkylation sites (tertiary alicyclic amines) is 1. The van der Waals surface area contributed by atoms with Gasteiger partial charge in [0.2, 0.25) is 0 Å². The molecule has 0 radical (unpaired) electrons. The summed E-state index contributed by atoms with van der Waals surface area (Å²) in [7, 11) is 3.98. The van der Waals surface area contributed by atoms with Crippen LogP contribution in [-0.4, -0.2) is 56.1 Å². The van der Waals surface area contributed by atoms with Crippen LogP contribution in [0.25, 0.3) is 0 Å². The number of nitrogens with zero attached hydrogens (tertiary/aromatic N) is 2. The van der Waals surface area contributed by atoms with Crippen molar-refractivity contribution in [3.63, 3.8) is 0 Å². The smallest absolute Gasteiger partial charge is 0.317 e. The number of hydrogen-bond acceptors (Lipinski definition) is 2. The fourth-order valence-electron chi connectivity index (χ4n) is 1.90. The van der Waals surface area contributed by atoms with Crippen molar-refractivity contribution in [1.29, 1.82) is 0 Å². The van der Waals surface area contributed by atoms with Crippen LogP contribution in [0.3, 0.4) is 0 Å². The van der Waals surface area contributed by atoms with Crippen LogP contribution in [-0.2, 0) is 0 Å². The summed E-state index contributed by atoms with van der Waals surface area (Å²) >= 11 is 0. The lowest BCUT2D eigenvalue weighted by molar-refractivity contribution is 0.135. The fourth-order valence-corrected chi connectivity index (χ4v) is 1.90. The molecule has 0 aromatic carbocycles. The van der Waals surface area contributed by atoms with Gasteiger partial charge in [-0.05, 0) is 45.3 Å². The zero-order valence-corrected chi connectivity index (χ0v) is 11.0. The lowest BCUT2D eigenvalue weighted by Gasteiger charge is -2.38. The van der Waals surface area contributed by atoms with Crippen molar-refractivity contribution in [2.45, 2.75) is 26.7 Å². The third-order valence-electron chi connectivity index (χ3n) is 3.68. The summed E-state index contributed by atoms with van der Waals surface area (Å²) in [5.74, 6) is 0. The number of rotatable bonds is 3. The predicted molar refractivity (Wildman–Crippen MR) is 66.5 cm³/mol. The van der Waals surface area contributed by atoms with Crippen LogP contribution >= 0.6 is 0 Å². The van der Waals surface area contributed by atoms with Gasteiger partial charge in [0.25, 0.3) is 0 Å². The highest BCUT2D eigenvalue weighted by Gasteiger charge is 2.29. The number of carbonyl (C=O) groups excluding carboxylic acids is 1. The molecule has 1 rings (SSSR count). The fraction of sp³-hybridized carbons (Fsp3) is 0.917. The minimum Gasteiger partial charge on any atom is -0.337 e. The molecule has 94 valence electrons. The molecule has 0 saturated carbocycles. The van der Waals surface area contributed by atoms with Crippen molar-refractivity contribution >= 4 is 6.03 Å². The number of urea groups is 1. The van der Waals surface area contributed by atoms with Gasteiger partial charge in [-0.2, -0.15) is 0 Å². The lowest BCUT2D eigenvalue weighted by Crippen LogP contribution is -2.46. The summed E-state index contributed by atoms with van der Waals surface area (Å²) in [4.78, 5) is 15.7. The molecule has 0 unspecified atom stereocenters. The topological polar surface area (TPSA) is 35.6 Å². The quantitative estimate of drug-likeness (QED) is 0.790. The van der Waals surface area contributed by atoms with Gasteiger partial charge in [-0.15, -0.1) is 0 Å². The van der Waals surface area contributed by atoms with Crippen LogP contribution in [0.4, 0.5) is 4.79 Å². The average Bonchev–Trinajstić information content (AvgIpc) is 2.29. The highest BCUT2D eigenvalue weighted by molar-refractivity contribution is 5.73. The maximum absolute atomic E-state index is 11.6. The molecule has 1 saturated heterocycles. The molecular formula is C12H25N3O. The minimum absolute atomic E-state index is 0.0441. The standard InChI is InChI=1S/C12H25N3O/c1-5-15(4)11(16)13-10-12(2)6-8-14(3)9-7-12/h5-10H2,1-4H3,(H,13,16). The third-order valence-corrected chi connectivity index (χ3v) is 3.68. The number of amides is 2. The van der Waals surface area contributed by atoms with Gasteiger partial charge in [-0.25, -0.2) is 4.79 Å². The Morgan fingerprint density at radius 1 is 1.44 bits per heavy atom. The van der Waals surface area contributed by atoms with E-state index in [-0.39, 0.29) is 11.4 Å². The molecule has 0 spiro atoms. The number of nitrogens with one attached hydrogen (secondary N) is 1. The van der Waals surface area contributed by atoms with Crippen LogP contribution in [0.1, 0.15) is 26.7 Å². The van der Waals surface area contributed by atoms with Crippen molar-refractivity contribution in [2.75, 3.05) is 40.3 Å². The molecule has 1 aliphatic heterocycles. The molecule has 1 heterocycles. The molecule has 1 N–H and O–H groups in total. The van der Waals surface area contributed by atoms with E-state index < -0.39 is 0 Å². The summed E-state index contributed by atoms with van der Waals surface area (Å²) < 4.78 is 0. The molecule has 0 aromatic heterocycles. The van der Waals surface area contributed by atoms with Gasteiger partial charge in [-0.3, -0.25) is 0 Å². The average molecular weight is 227 g/mol. The van der Waals surface area contributed by atoms with Crippen molar-refractivity contribution in [3.8, 4) is 0 Å². The number of hydrogen-bond donors (Lipinski definition) is 1. The third kappa shape index (κ3) is 3.67. The molecule has 4 nitrogen and oxygen atoms in total. The largest absolute Gasteiger partial charge is 0.337 e. The van der Waals surface area contributed by atoms with Crippen molar-refractivity contribution in [2.24, 2.45) is 5.41 Å². The molecule has 4 heteroatoms. The Hall–Kier alpha value is -0.770. The van der Waals surface area contributed by atoms with Gasteiger partial charge in [0.15, 0.2) is 0 Å². The first-order valence-electron chi connectivity index (χ1n) is 6.14. The van der Waals surface area contributed by atoms with Crippen LogP contribution in [0, 0.1) is 5.41 Å². The molecule has 0 atom stereocenters. The normalized spacial score (nSPS) is 20.5. The first kappa shape index (κ1) is 13.3. The molecule has 2 amide bonds. The van der Waals surface area contributed by atoms with Crippen molar-refractivity contribution in [1.82, 2.24) is 15.1 Å². The Bertz CT molecular complexity index is 234. The Kier molecular flexibility index (Phi) is 4.59. The van der Waals surface area contributed by atoms with E-state index in [1.54, 1.807) is 4.90 Å². The Labute approximate surface area is 99.0 Å². The Morgan fingerprint density at radius 3 is 2.50 bits per heavy atom. The molecule has 1 aliphatic rings. The van der Waals surface area contributed by atoms with E-state index >= 15 is 0 Å². The first-order valence-corrected chi connectivity index (χ1v) is 6.14. The summed E-state index contributed by atoms with van der Waals surface area (Å²) in [6.07, 6.45) is 2.33. The van der Waals surface area contributed by atoms with Crippen LogP contribution in [0.15, 0.2) is 0 Å². The zero-order valence-electron chi connectivity index (χ0n) is 11.0. The highest BCUT2D eigenvalue weighted by atomic mass is 16.2. The SMILES string of the molecule is CCN(C)C(=O)NCC1(C)CCN(C)CC1. The van der Waals surface area contributed by atoms with Gasteiger partial charge in [0, 0.05) is 20.1 Å². The van der Waals surface area contributed by atoms with E-state index in [9.17, 15) is 4.79 Å². The molecule has 16 heavy (non-hydrogen) atoms. The van der Waals surface area contributed by atoms with Gasteiger partial charge < -0.3 is 15.1 Å². The van der Waals surface area contributed by atoms with Gasteiger partial charge in [-0.1, -0.05) is 6.92 Å². The number of piperidine rings is 1. The second kappa shape index (κ2) is 5.53. The minimum atomic E-state index is 0.0441. The van der Waals surface area contributed by atoms with Gasteiger partial charge in [0.1, 0.15) is 0 Å². The summed E-state index contributed by atoms with van der Waals surface area (Å²) in [5, 5.41) is 3.03. The van der Waals surface area contributed by atoms with Gasteiger partial charge >= 0.3 is 6.03 Å². The van der Waals surface area contributed by atoms with E-state index in [2.05, 4.69) is 24.2 Å². The maximum Gasteiger partial charge on any atom is 0.317 e. The second-order valence-electron chi connectivity index (χ2n) is 5.29. The maximum atomic E-state index is 11.6. The molecule has 0 aromatic rings. The summed E-state index contributed by atoms with van der Waals surface area (Å²) in [6, 6.07) is 0.0441. The van der Waals surface area contributed by atoms with Crippen LogP contribution in [0.2, 0.25) is 0 Å². The zero-order chi connectivity index (χ0) is 12.2. The molecule has 0 bridgehead atoms. The lowest BCUT2D eigenvalue weighted by atomic mass is 9.80. The van der Waals surface area contributed by atoms with Crippen LogP contribution < -0.4 is 5.32 Å². The predicted octanol–water partition coefficient (Wildman–Crippen LogP) is 1.38. The summed E-state index contributed by atoms with van der Waals surface area (Å²) in [5.41, 5.74) is 0.275.